The Kier molecular flexibility index (Phi) is 9.27. The molecule has 0 fully saturated rings. The van der Waals surface area contributed by atoms with Crippen molar-refractivity contribution in [3.63, 3.8) is 0 Å². The van der Waals surface area contributed by atoms with E-state index < -0.39 is 11.8 Å². The van der Waals surface area contributed by atoms with Gasteiger partial charge in [0.2, 0.25) is 0 Å². The second-order valence-electron chi connectivity index (χ2n) is 7.55. The largest absolute Gasteiger partial charge is 0.489 e. The summed E-state index contributed by atoms with van der Waals surface area (Å²) in [6, 6.07) is 16.0. The highest BCUT2D eigenvalue weighted by Gasteiger charge is 2.23. The third kappa shape index (κ3) is 6.53. The third-order valence-electron chi connectivity index (χ3n) is 5.13. The standard InChI is InChI=1S/C27H20Cl2N2O4S/c1-3-34-27(33)26-16(2)22(14-31)25(36-26)12-24(32)19(13-30)10-17-4-8-21(9-5-17)35-15-18-6-7-20(28)11-23(18)29/h4-11H,3,12,15H2,1-2H3/b19-10+. The highest BCUT2D eigenvalue weighted by molar-refractivity contribution is 7.14. The number of hydrogen-bond donors (Lipinski definition) is 0. The number of Topliss-reactive ketones (excluding diaryl/α,β-unsaturated/α-hetero) is 1. The molecule has 0 aliphatic rings. The molecule has 0 N–H and O–H groups in total. The fourth-order valence-corrected chi connectivity index (χ4v) is 4.89. The summed E-state index contributed by atoms with van der Waals surface area (Å²) in [5.41, 5.74) is 2.09. The van der Waals surface area contributed by atoms with Gasteiger partial charge in [-0.25, -0.2) is 4.79 Å². The molecule has 3 rings (SSSR count). The Balaban J connectivity index is 1.72. The lowest BCUT2D eigenvalue weighted by molar-refractivity contribution is -0.114. The maximum Gasteiger partial charge on any atom is 0.348 e. The van der Waals surface area contributed by atoms with E-state index in [4.69, 9.17) is 32.7 Å². The van der Waals surface area contributed by atoms with Gasteiger partial charge in [0.1, 0.15) is 29.4 Å². The minimum absolute atomic E-state index is 0.0655. The number of carbonyl (C=O) groups excluding carboxylic acids is 2. The van der Waals surface area contributed by atoms with Crippen molar-refractivity contribution in [2.75, 3.05) is 6.61 Å². The first-order valence-corrected chi connectivity index (χ1v) is 12.4. The molecule has 0 saturated carbocycles. The van der Waals surface area contributed by atoms with Crippen molar-refractivity contribution < 1.29 is 19.1 Å². The normalized spacial score (nSPS) is 10.9. The van der Waals surface area contributed by atoms with Crippen LogP contribution in [0, 0.1) is 29.6 Å². The number of esters is 1. The zero-order valence-corrected chi connectivity index (χ0v) is 21.8. The van der Waals surface area contributed by atoms with Gasteiger partial charge in [-0.05, 0) is 55.3 Å². The molecule has 1 heterocycles. The molecule has 2 aromatic carbocycles. The van der Waals surface area contributed by atoms with E-state index in [9.17, 15) is 20.1 Å². The molecule has 0 bridgehead atoms. The molecule has 0 aliphatic heterocycles. The molecule has 1 aromatic heterocycles. The lowest BCUT2D eigenvalue weighted by Gasteiger charge is -2.08. The van der Waals surface area contributed by atoms with Crippen molar-refractivity contribution in [2.24, 2.45) is 0 Å². The lowest BCUT2D eigenvalue weighted by Crippen LogP contribution is -2.05. The van der Waals surface area contributed by atoms with E-state index in [0.29, 0.717) is 31.8 Å². The van der Waals surface area contributed by atoms with E-state index in [2.05, 4.69) is 0 Å². The predicted molar refractivity (Wildman–Crippen MR) is 139 cm³/mol. The maximum absolute atomic E-state index is 12.9. The third-order valence-corrected chi connectivity index (χ3v) is 6.99. The zero-order valence-electron chi connectivity index (χ0n) is 19.4. The van der Waals surface area contributed by atoms with Gasteiger partial charge in [0.25, 0.3) is 0 Å². The quantitative estimate of drug-likeness (QED) is 0.170. The fraction of sp³-hybridized carbons (Fsp3) is 0.185. The second-order valence-corrected chi connectivity index (χ2v) is 9.50. The number of thiophene rings is 1. The molecular weight excluding hydrogens is 519 g/mol. The molecule has 6 nitrogen and oxygen atoms in total. The van der Waals surface area contributed by atoms with Crippen LogP contribution in [0.1, 0.15) is 43.7 Å². The van der Waals surface area contributed by atoms with Crippen LogP contribution < -0.4 is 4.74 Å². The van der Waals surface area contributed by atoms with Gasteiger partial charge < -0.3 is 9.47 Å². The molecular formula is C27H20Cl2N2O4S. The smallest absolute Gasteiger partial charge is 0.348 e. The Labute approximate surface area is 222 Å². The van der Waals surface area contributed by atoms with Gasteiger partial charge in [0, 0.05) is 26.9 Å². The summed E-state index contributed by atoms with van der Waals surface area (Å²) in [7, 11) is 0. The number of allylic oxidation sites excluding steroid dienone is 1. The first kappa shape index (κ1) is 27.0. The van der Waals surface area contributed by atoms with Gasteiger partial charge >= 0.3 is 5.97 Å². The van der Waals surface area contributed by atoms with Crippen LogP contribution in [0.2, 0.25) is 10.0 Å². The Morgan fingerprint density at radius 2 is 1.83 bits per heavy atom. The highest BCUT2D eigenvalue weighted by atomic mass is 35.5. The number of carbonyl (C=O) groups is 2. The summed E-state index contributed by atoms with van der Waals surface area (Å²) in [6.45, 7) is 3.78. The van der Waals surface area contributed by atoms with Crippen molar-refractivity contribution in [1.29, 1.82) is 10.5 Å². The summed E-state index contributed by atoms with van der Waals surface area (Å²) in [5, 5.41) is 20.1. The Bertz CT molecular complexity index is 1410. The van der Waals surface area contributed by atoms with Gasteiger partial charge in [-0.1, -0.05) is 41.4 Å². The number of nitriles is 2. The molecule has 0 saturated heterocycles. The van der Waals surface area contributed by atoms with Gasteiger partial charge in [-0.15, -0.1) is 11.3 Å². The molecule has 182 valence electrons. The van der Waals surface area contributed by atoms with Gasteiger partial charge in [0.15, 0.2) is 5.78 Å². The van der Waals surface area contributed by atoms with Crippen LogP contribution in [0.3, 0.4) is 0 Å². The van der Waals surface area contributed by atoms with Crippen molar-refractivity contribution in [3.8, 4) is 17.9 Å². The summed E-state index contributed by atoms with van der Waals surface area (Å²) >= 11 is 13.1. The molecule has 0 aliphatic carbocycles. The zero-order chi connectivity index (χ0) is 26.2. The SMILES string of the molecule is CCOC(=O)c1sc(CC(=O)/C(C#N)=C/c2ccc(OCc3ccc(Cl)cc3Cl)cc2)c(C#N)c1C. The molecule has 0 spiro atoms. The summed E-state index contributed by atoms with van der Waals surface area (Å²) in [6.07, 6.45) is 1.30. The van der Waals surface area contributed by atoms with E-state index in [1.807, 2.05) is 12.1 Å². The minimum atomic E-state index is -0.535. The average molecular weight is 539 g/mol. The van der Waals surface area contributed by atoms with E-state index >= 15 is 0 Å². The van der Waals surface area contributed by atoms with Gasteiger partial charge in [0.05, 0.1) is 17.7 Å². The fourth-order valence-electron chi connectivity index (χ4n) is 3.28. The van der Waals surface area contributed by atoms with E-state index in [0.717, 1.165) is 16.9 Å². The highest BCUT2D eigenvalue weighted by Crippen LogP contribution is 2.30. The van der Waals surface area contributed by atoms with E-state index in [-0.39, 0.29) is 35.6 Å². The number of ether oxygens (including phenoxy) is 2. The molecule has 0 radical (unpaired) electrons. The minimum Gasteiger partial charge on any atom is -0.489 e. The van der Waals surface area contributed by atoms with Crippen LogP contribution >= 0.6 is 34.5 Å². The number of ketones is 1. The van der Waals surface area contributed by atoms with Crippen LogP contribution in [0.5, 0.6) is 5.75 Å². The summed E-state index contributed by atoms with van der Waals surface area (Å²) in [4.78, 5) is 25.7. The monoisotopic (exact) mass is 538 g/mol. The Hall–Kier alpha value is -3.62. The van der Waals surface area contributed by atoms with Crippen molar-refractivity contribution >= 4 is 52.4 Å². The summed E-state index contributed by atoms with van der Waals surface area (Å²) < 4.78 is 10.8. The van der Waals surface area contributed by atoms with Crippen LogP contribution in [0.4, 0.5) is 0 Å². The van der Waals surface area contributed by atoms with Crippen molar-refractivity contribution in [1.82, 2.24) is 0 Å². The number of rotatable bonds is 9. The van der Waals surface area contributed by atoms with Crippen LogP contribution in [-0.2, 0) is 22.6 Å². The van der Waals surface area contributed by atoms with Crippen LogP contribution in [-0.4, -0.2) is 18.4 Å². The number of nitrogens with zero attached hydrogens (tertiary/aromatic N) is 2. The van der Waals surface area contributed by atoms with Gasteiger partial charge in [-0.3, -0.25) is 4.79 Å². The number of halogens is 2. The topological polar surface area (TPSA) is 100 Å². The Morgan fingerprint density at radius 1 is 1.11 bits per heavy atom. The van der Waals surface area contributed by atoms with Crippen molar-refractivity contribution in [3.05, 3.63) is 90.1 Å². The number of benzene rings is 2. The number of hydrogen-bond acceptors (Lipinski definition) is 7. The molecule has 0 amide bonds. The van der Waals surface area contributed by atoms with Crippen LogP contribution in [0.25, 0.3) is 6.08 Å². The van der Waals surface area contributed by atoms with Gasteiger partial charge in [-0.2, -0.15) is 10.5 Å². The van der Waals surface area contributed by atoms with Crippen LogP contribution in [0.15, 0.2) is 48.0 Å². The molecule has 0 atom stereocenters. The van der Waals surface area contributed by atoms with E-state index in [1.54, 1.807) is 56.3 Å². The summed E-state index contributed by atoms with van der Waals surface area (Å²) in [5.74, 6) is -0.405. The van der Waals surface area contributed by atoms with Crippen molar-refractivity contribution in [2.45, 2.75) is 26.9 Å². The molecule has 36 heavy (non-hydrogen) atoms. The Morgan fingerprint density at radius 3 is 2.44 bits per heavy atom. The molecule has 3 aromatic rings. The maximum atomic E-state index is 12.9. The average Bonchev–Trinajstić information content (AvgIpc) is 3.17. The second kappa shape index (κ2) is 12.4. The first-order valence-electron chi connectivity index (χ1n) is 10.8. The predicted octanol–water partition coefficient (Wildman–Crippen LogP) is 6.71. The lowest BCUT2D eigenvalue weighted by atomic mass is 10.0. The molecule has 9 heteroatoms. The molecule has 0 unspecified atom stereocenters. The first-order chi connectivity index (χ1) is 17.3. The van der Waals surface area contributed by atoms with E-state index in [1.165, 1.54) is 6.08 Å².